The summed E-state index contributed by atoms with van der Waals surface area (Å²) in [4.78, 5) is 11.1. The summed E-state index contributed by atoms with van der Waals surface area (Å²) in [6.45, 7) is 1.63. The third-order valence-electron chi connectivity index (χ3n) is 2.48. The molecule has 0 heterocycles. The quantitative estimate of drug-likeness (QED) is 0.780. The third-order valence-corrected chi connectivity index (χ3v) is 4.03. The second-order valence-corrected chi connectivity index (χ2v) is 5.90. The molecule has 5 nitrogen and oxygen atoms in total. The molecule has 6 heteroatoms. The van der Waals surface area contributed by atoms with Crippen molar-refractivity contribution in [3.63, 3.8) is 0 Å². The maximum Gasteiger partial charge on any atom is 0.312 e. The van der Waals surface area contributed by atoms with E-state index < -0.39 is 21.9 Å². The van der Waals surface area contributed by atoms with E-state index in [2.05, 4.69) is 4.72 Å². The zero-order valence-corrected chi connectivity index (χ0v) is 11.0. The molecule has 0 bridgehead atoms. The van der Waals surface area contributed by atoms with Crippen molar-refractivity contribution in [1.82, 2.24) is 4.72 Å². The van der Waals surface area contributed by atoms with Gasteiger partial charge in [0.05, 0.1) is 11.7 Å². The molecular formula is C12H17NO4S. The van der Waals surface area contributed by atoms with Gasteiger partial charge in [0.2, 0.25) is 10.0 Å². The lowest BCUT2D eigenvalue weighted by Gasteiger charge is -2.13. The molecular weight excluding hydrogens is 254 g/mol. The monoisotopic (exact) mass is 271 g/mol. The molecule has 0 aliphatic carbocycles. The second kappa shape index (κ2) is 6.51. The summed E-state index contributed by atoms with van der Waals surface area (Å²) in [6, 6.07) is 8.58. The molecule has 18 heavy (non-hydrogen) atoms. The minimum atomic E-state index is -3.38. The number of nitrogens with one attached hydrogen (secondary N) is 1. The summed E-state index contributed by atoms with van der Waals surface area (Å²) in [5.41, 5.74) is 0.587. The van der Waals surface area contributed by atoms with Gasteiger partial charge in [0.15, 0.2) is 0 Å². The van der Waals surface area contributed by atoms with Gasteiger partial charge in [-0.1, -0.05) is 37.3 Å². The number of rotatable bonds is 7. The summed E-state index contributed by atoms with van der Waals surface area (Å²) in [5.74, 6) is -1.90. The Hall–Kier alpha value is -1.40. The molecule has 0 fully saturated rings. The minimum Gasteiger partial charge on any atom is -0.481 e. The first kappa shape index (κ1) is 14.7. The van der Waals surface area contributed by atoms with E-state index in [-0.39, 0.29) is 12.3 Å². The van der Waals surface area contributed by atoms with Crippen molar-refractivity contribution < 1.29 is 18.3 Å². The topological polar surface area (TPSA) is 83.5 Å². The molecule has 2 N–H and O–H groups in total. The van der Waals surface area contributed by atoms with Crippen LogP contribution in [0.25, 0.3) is 0 Å². The van der Waals surface area contributed by atoms with Crippen LogP contribution in [0.15, 0.2) is 30.3 Å². The van der Waals surface area contributed by atoms with Crippen LogP contribution in [0, 0.1) is 0 Å². The lowest BCUT2D eigenvalue weighted by atomic mass is 10.00. The lowest BCUT2D eigenvalue weighted by Crippen LogP contribution is -2.33. The van der Waals surface area contributed by atoms with Gasteiger partial charge in [0.1, 0.15) is 0 Å². The highest BCUT2D eigenvalue weighted by molar-refractivity contribution is 7.89. The number of sulfonamides is 1. The molecule has 1 atom stereocenters. The molecule has 1 rings (SSSR count). The number of hydrogen-bond donors (Lipinski definition) is 2. The highest BCUT2D eigenvalue weighted by atomic mass is 32.2. The molecule has 0 amide bonds. The predicted octanol–water partition coefficient (Wildman–Crippen LogP) is 1.18. The number of hydrogen-bond acceptors (Lipinski definition) is 3. The Kier molecular flexibility index (Phi) is 5.30. The van der Waals surface area contributed by atoms with Crippen LogP contribution in [0.4, 0.5) is 0 Å². The fourth-order valence-electron chi connectivity index (χ4n) is 1.58. The van der Waals surface area contributed by atoms with E-state index in [0.29, 0.717) is 12.0 Å². The normalized spacial score (nSPS) is 13.2. The smallest absolute Gasteiger partial charge is 0.312 e. The van der Waals surface area contributed by atoms with Crippen molar-refractivity contribution in [1.29, 1.82) is 0 Å². The first-order chi connectivity index (χ1) is 8.46. The maximum absolute atomic E-state index is 11.5. The predicted molar refractivity (Wildman–Crippen MR) is 68.9 cm³/mol. The van der Waals surface area contributed by atoms with Crippen molar-refractivity contribution in [3.05, 3.63) is 35.9 Å². The van der Waals surface area contributed by atoms with E-state index in [0.717, 1.165) is 0 Å². The van der Waals surface area contributed by atoms with Gasteiger partial charge in [0, 0.05) is 6.54 Å². The van der Waals surface area contributed by atoms with Gasteiger partial charge in [-0.25, -0.2) is 13.1 Å². The van der Waals surface area contributed by atoms with Gasteiger partial charge in [-0.2, -0.15) is 0 Å². The van der Waals surface area contributed by atoms with Crippen LogP contribution in [-0.4, -0.2) is 31.8 Å². The molecule has 0 saturated carbocycles. The van der Waals surface area contributed by atoms with Crippen LogP contribution in [0.3, 0.4) is 0 Å². The van der Waals surface area contributed by atoms with Crippen molar-refractivity contribution in [3.8, 4) is 0 Å². The van der Waals surface area contributed by atoms with Gasteiger partial charge in [0.25, 0.3) is 0 Å². The van der Waals surface area contributed by atoms with Gasteiger partial charge in [-0.05, 0) is 12.0 Å². The zero-order chi connectivity index (χ0) is 13.6. The van der Waals surface area contributed by atoms with Crippen molar-refractivity contribution in [2.75, 3.05) is 12.3 Å². The molecule has 1 aromatic rings. The van der Waals surface area contributed by atoms with E-state index in [1.54, 1.807) is 37.3 Å². The van der Waals surface area contributed by atoms with Crippen LogP contribution >= 0.6 is 0 Å². The highest BCUT2D eigenvalue weighted by Crippen LogP contribution is 2.15. The van der Waals surface area contributed by atoms with Crippen molar-refractivity contribution in [2.45, 2.75) is 19.3 Å². The van der Waals surface area contributed by atoms with E-state index in [1.165, 1.54) is 0 Å². The highest BCUT2D eigenvalue weighted by Gasteiger charge is 2.21. The summed E-state index contributed by atoms with van der Waals surface area (Å²) in [5, 5.41) is 9.12. The Bertz CT molecular complexity index is 484. The number of carboxylic acid groups (broad SMARTS) is 1. The molecule has 0 radical (unpaired) electrons. The summed E-state index contributed by atoms with van der Waals surface area (Å²) >= 11 is 0. The van der Waals surface area contributed by atoms with Crippen LogP contribution in [0.2, 0.25) is 0 Å². The fraction of sp³-hybridized carbons (Fsp3) is 0.417. The number of benzene rings is 1. The minimum absolute atomic E-state index is 0.00806. The number of carboxylic acids is 1. The standard InChI is InChI=1S/C12H17NO4S/c1-2-8-18(16,17)13-9-11(12(14)15)10-6-4-3-5-7-10/h3-7,11,13H,2,8-9H2,1H3,(H,14,15). The first-order valence-corrected chi connectivity index (χ1v) is 7.36. The van der Waals surface area contributed by atoms with Crippen LogP contribution in [0.1, 0.15) is 24.8 Å². The molecule has 0 spiro atoms. The van der Waals surface area contributed by atoms with Crippen molar-refractivity contribution in [2.24, 2.45) is 0 Å². The van der Waals surface area contributed by atoms with Crippen LogP contribution < -0.4 is 4.72 Å². The lowest BCUT2D eigenvalue weighted by molar-refractivity contribution is -0.138. The Morgan fingerprint density at radius 1 is 1.33 bits per heavy atom. The number of aliphatic carboxylic acids is 1. The van der Waals surface area contributed by atoms with Crippen LogP contribution in [0.5, 0.6) is 0 Å². The van der Waals surface area contributed by atoms with E-state index in [9.17, 15) is 13.2 Å². The Labute approximate surface area is 107 Å². The third kappa shape index (κ3) is 4.46. The van der Waals surface area contributed by atoms with E-state index in [4.69, 9.17) is 5.11 Å². The molecule has 0 aliphatic heterocycles. The van der Waals surface area contributed by atoms with Gasteiger partial charge >= 0.3 is 5.97 Å². The van der Waals surface area contributed by atoms with Crippen molar-refractivity contribution >= 4 is 16.0 Å². The van der Waals surface area contributed by atoms with Gasteiger partial charge in [-0.15, -0.1) is 0 Å². The van der Waals surface area contributed by atoms with Crippen LogP contribution in [-0.2, 0) is 14.8 Å². The zero-order valence-electron chi connectivity index (χ0n) is 10.2. The average molecular weight is 271 g/mol. The molecule has 0 aromatic heterocycles. The van der Waals surface area contributed by atoms with Gasteiger partial charge < -0.3 is 5.11 Å². The van der Waals surface area contributed by atoms with E-state index >= 15 is 0 Å². The summed E-state index contributed by atoms with van der Waals surface area (Å²) < 4.78 is 25.3. The molecule has 0 aliphatic rings. The van der Waals surface area contributed by atoms with Gasteiger partial charge in [-0.3, -0.25) is 4.79 Å². The Morgan fingerprint density at radius 2 is 1.94 bits per heavy atom. The van der Waals surface area contributed by atoms with E-state index in [1.807, 2.05) is 0 Å². The first-order valence-electron chi connectivity index (χ1n) is 5.71. The fourth-order valence-corrected chi connectivity index (χ4v) is 2.69. The summed E-state index contributed by atoms with van der Waals surface area (Å²) in [7, 11) is -3.38. The number of carbonyl (C=O) groups is 1. The SMILES string of the molecule is CCCS(=O)(=O)NCC(C(=O)O)c1ccccc1. The molecule has 100 valence electrons. The Balaban J connectivity index is 2.75. The average Bonchev–Trinajstić information content (AvgIpc) is 2.30. The summed E-state index contributed by atoms with van der Waals surface area (Å²) in [6.07, 6.45) is 0.498. The molecule has 1 unspecified atom stereocenters. The molecule has 0 saturated heterocycles. The molecule has 1 aromatic carbocycles. The Morgan fingerprint density at radius 3 is 2.44 bits per heavy atom. The second-order valence-electron chi connectivity index (χ2n) is 3.97. The largest absolute Gasteiger partial charge is 0.481 e. The maximum atomic E-state index is 11.5.